The molecule has 18 heavy (non-hydrogen) atoms. The topological polar surface area (TPSA) is 182 Å². The monoisotopic (exact) mass is 305 g/mol. The molecule has 0 fully saturated rings. The summed E-state index contributed by atoms with van der Waals surface area (Å²) >= 11 is 0. The molecule has 0 bridgehead atoms. The van der Waals surface area contributed by atoms with Crippen LogP contribution in [0.3, 0.4) is 0 Å². The fourth-order valence-corrected chi connectivity index (χ4v) is 0.577. The van der Waals surface area contributed by atoms with Crippen molar-refractivity contribution in [2.75, 3.05) is 6.54 Å². The third-order valence-electron chi connectivity index (χ3n) is 1.10. The van der Waals surface area contributed by atoms with Gasteiger partial charge in [0.25, 0.3) is 0 Å². The fourth-order valence-electron chi connectivity index (χ4n) is 0.577. The van der Waals surface area contributed by atoms with Crippen molar-refractivity contribution < 1.29 is 41.0 Å². The molecule has 0 saturated heterocycles. The van der Waals surface area contributed by atoms with Crippen LogP contribution >= 0.6 is 15.8 Å². The minimum atomic E-state index is -3.04. The second-order valence-corrected chi connectivity index (χ2v) is 3.45. The molecular formula is C5H13N3O8P2. The van der Waals surface area contributed by atoms with E-state index in [1.165, 1.54) is 0 Å². The smallest absolute Gasteiger partial charge is 0.348 e. The number of nitrogens with one attached hydrogen (secondary N) is 1. The van der Waals surface area contributed by atoms with Crippen LogP contribution in [0, 0.1) is 0 Å². The van der Waals surface area contributed by atoms with Gasteiger partial charge in [0.05, 0.1) is 6.33 Å². The van der Waals surface area contributed by atoms with Gasteiger partial charge in [-0.2, -0.15) is 0 Å². The molecule has 1 aromatic rings. The van der Waals surface area contributed by atoms with Gasteiger partial charge in [0, 0.05) is 21.2 Å². The number of imidazole rings is 1. The lowest BCUT2D eigenvalue weighted by atomic mass is 10.3. The summed E-state index contributed by atoms with van der Waals surface area (Å²) in [5.41, 5.74) is 6.38. The van der Waals surface area contributed by atoms with Crippen LogP contribution in [0.5, 0.6) is 0 Å². The lowest BCUT2D eigenvalue weighted by Gasteiger charge is -1.86. The minimum Gasteiger partial charge on any atom is -0.348 e. The molecule has 106 valence electrons. The number of nitrogens with two attached hydrogens (primary N) is 1. The summed E-state index contributed by atoms with van der Waals surface area (Å²) in [4.78, 5) is 6.78. The predicted molar refractivity (Wildman–Crippen MR) is 57.6 cm³/mol. The van der Waals surface area contributed by atoms with E-state index in [1.807, 2.05) is 0 Å². The molecule has 5 N–H and O–H groups in total. The lowest BCUT2D eigenvalue weighted by molar-refractivity contribution is -0.132. The van der Waals surface area contributed by atoms with E-state index >= 15 is 0 Å². The van der Waals surface area contributed by atoms with E-state index in [1.54, 1.807) is 12.5 Å². The van der Waals surface area contributed by atoms with Crippen LogP contribution in [-0.2, 0) is 34.0 Å². The molecule has 1 rings (SSSR count). The Bertz CT molecular complexity index is 386. The van der Waals surface area contributed by atoms with Gasteiger partial charge in [-0.3, -0.25) is 0 Å². The highest BCUT2D eigenvalue weighted by molar-refractivity contribution is 7.24. The summed E-state index contributed by atoms with van der Waals surface area (Å²) in [5, 5.41) is 14.1. The van der Waals surface area contributed by atoms with E-state index in [9.17, 15) is 0 Å². The van der Waals surface area contributed by atoms with Crippen molar-refractivity contribution in [3.05, 3.63) is 18.2 Å². The summed E-state index contributed by atoms with van der Waals surface area (Å²) in [6.07, 6.45) is 4.33. The highest BCUT2D eigenvalue weighted by Crippen LogP contribution is 1.97. The third kappa shape index (κ3) is 17.2. The van der Waals surface area contributed by atoms with Gasteiger partial charge in [0.2, 0.25) is 0 Å². The number of nitrogens with zero attached hydrogens (tertiary/aromatic N) is 1. The molecule has 11 nitrogen and oxygen atoms in total. The van der Waals surface area contributed by atoms with Gasteiger partial charge in [0.1, 0.15) is 0 Å². The molecular weight excluding hydrogens is 292 g/mol. The molecule has 0 atom stereocenters. The number of H-pyrrole nitrogens is 1. The number of aromatic nitrogens is 2. The van der Waals surface area contributed by atoms with E-state index in [0.29, 0.717) is 6.54 Å². The Morgan fingerprint density at radius 1 is 1.28 bits per heavy atom. The SMILES string of the molecule is NCCc1cnc[nH]1.O=P(=O)OO.O=P(=O)OO.[H].[H]. The number of aromatic amines is 1. The van der Waals surface area contributed by atoms with E-state index in [-0.39, 0.29) is 2.85 Å². The van der Waals surface area contributed by atoms with E-state index in [0.717, 1.165) is 12.1 Å². The van der Waals surface area contributed by atoms with Crippen molar-refractivity contribution in [3.63, 3.8) is 0 Å². The molecule has 0 aliphatic rings. The molecule has 0 aliphatic carbocycles. The first-order valence-electron chi connectivity index (χ1n) is 4.07. The van der Waals surface area contributed by atoms with Crippen molar-refractivity contribution >= 4 is 15.8 Å². The Morgan fingerprint density at radius 2 is 1.72 bits per heavy atom. The maximum Gasteiger partial charge on any atom is 0.496 e. The van der Waals surface area contributed by atoms with E-state index in [2.05, 4.69) is 19.3 Å². The zero-order chi connectivity index (χ0) is 14.4. The van der Waals surface area contributed by atoms with Crippen molar-refractivity contribution in [1.29, 1.82) is 0 Å². The van der Waals surface area contributed by atoms with Crippen LogP contribution in [0.25, 0.3) is 0 Å². The molecule has 1 heterocycles. The molecule has 13 heteroatoms. The van der Waals surface area contributed by atoms with Crippen molar-refractivity contribution in [2.24, 2.45) is 5.73 Å². The van der Waals surface area contributed by atoms with Crippen LogP contribution in [0.1, 0.15) is 8.55 Å². The molecule has 0 aromatic carbocycles. The Labute approximate surface area is 105 Å². The zero-order valence-corrected chi connectivity index (χ0v) is 10.6. The molecule has 1 aromatic heterocycles. The van der Waals surface area contributed by atoms with E-state index in [4.69, 9.17) is 34.5 Å². The quantitative estimate of drug-likeness (QED) is 0.359. The fraction of sp³-hybridized carbons (Fsp3) is 0.400. The Hall–Kier alpha value is -1.19. The van der Waals surface area contributed by atoms with E-state index < -0.39 is 15.8 Å². The molecule has 0 spiro atoms. The summed E-state index contributed by atoms with van der Waals surface area (Å²) in [7, 11) is -6.09. The molecule has 0 amide bonds. The minimum absolute atomic E-state index is 0. The van der Waals surface area contributed by atoms with Crippen LogP contribution < -0.4 is 5.73 Å². The Kier molecular flexibility index (Phi) is 14.8. The number of hydrogen-bond donors (Lipinski definition) is 4. The standard InChI is InChI=1S/C5H9N3.2HO4P.2H/c6-2-1-5-3-7-4-8-5;2*1-4-5(2)3;;/h3-4H,1-2,6H2,(H,7,8);2*1H;;. The maximum atomic E-state index is 8.93. The van der Waals surface area contributed by atoms with Gasteiger partial charge >= 0.3 is 15.8 Å². The first kappa shape index (κ1) is 19.2. The number of rotatable bonds is 4. The average Bonchev–Trinajstić information content (AvgIpc) is 2.84. The number of hydrogen-bond acceptors (Lipinski definition) is 10. The Balaban J connectivity index is -0.0000000960. The average molecular weight is 305 g/mol. The van der Waals surface area contributed by atoms with Gasteiger partial charge in [0.15, 0.2) is 0 Å². The lowest BCUT2D eigenvalue weighted by Crippen LogP contribution is -2.02. The molecule has 2 radical (unpaired) electrons. The highest BCUT2D eigenvalue weighted by atomic mass is 31.1. The molecule has 0 unspecified atom stereocenters. The maximum absolute atomic E-state index is 8.93. The summed E-state index contributed by atoms with van der Waals surface area (Å²) < 4.78 is 41.1. The normalized spacial score (nSPS) is 8.39. The van der Waals surface area contributed by atoms with Crippen LogP contribution in [0.2, 0.25) is 0 Å². The Morgan fingerprint density at radius 3 is 1.94 bits per heavy atom. The van der Waals surface area contributed by atoms with Gasteiger partial charge in [-0.25, -0.2) is 33.8 Å². The summed E-state index contributed by atoms with van der Waals surface area (Å²) in [6.45, 7) is 0.683. The predicted octanol–water partition coefficient (Wildman–Crippen LogP) is 1.26. The second-order valence-electron chi connectivity index (χ2n) is 2.23. The van der Waals surface area contributed by atoms with Crippen molar-refractivity contribution in [1.82, 2.24) is 9.97 Å². The first-order chi connectivity index (χ1) is 8.47. The highest BCUT2D eigenvalue weighted by Gasteiger charge is 1.87. The van der Waals surface area contributed by atoms with Crippen molar-refractivity contribution in [2.45, 2.75) is 6.42 Å². The largest absolute Gasteiger partial charge is 0.496 e. The van der Waals surface area contributed by atoms with Crippen LogP contribution in [-0.4, -0.2) is 27.0 Å². The van der Waals surface area contributed by atoms with Crippen LogP contribution in [0.4, 0.5) is 0 Å². The molecule has 0 aliphatic heterocycles. The van der Waals surface area contributed by atoms with Crippen molar-refractivity contribution in [3.8, 4) is 0 Å². The summed E-state index contributed by atoms with van der Waals surface area (Å²) in [6, 6.07) is 0. The van der Waals surface area contributed by atoms with Gasteiger partial charge in [-0.05, 0) is 6.54 Å². The van der Waals surface area contributed by atoms with Gasteiger partial charge in [-0.1, -0.05) is 0 Å². The third-order valence-corrected chi connectivity index (χ3v) is 1.37. The first-order valence-corrected chi connectivity index (χ1v) is 6.26. The van der Waals surface area contributed by atoms with Gasteiger partial charge in [-0.15, -0.1) is 9.35 Å². The molecule has 0 saturated carbocycles. The second kappa shape index (κ2) is 13.9. The summed E-state index contributed by atoms with van der Waals surface area (Å²) in [5.74, 6) is 0. The van der Waals surface area contributed by atoms with Crippen LogP contribution in [0.15, 0.2) is 12.5 Å². The van der Waals surface area contributed by atoms with Gasteiger partial charge < -0.3 is 10.7 Å². The zero-order valence-electron chi connectivity index (χ0n) is 10.8.